The first-order chi connectivity index (χ1) is 6.29. The lowest BCUT2D eigenvalue weighted by molar-refractivity contribution is 1.10. The van der Waals surface area contributed by atoms with Crippen LogP contribution in [0.5, 0.6) is 0 Å². The zero-order valence-electron chi connectivity index (χ0n) is 6.59. The van der Waals surface area contributed by atoms with Crippen LogP contribution in [0.4, 0.5) is 0 Å². The highest BCUT2D eigenvalue weighted by Gasteiger charge is 2.08. The van der Waals surface area contributed by atoms with E-state index >= 15 is 0 Å². The zero-order valence-corrected chi connectivity index (χ0v) is 8.10. The van der Waals surface area contributed by atoms with E-state index in [-0.39, 0.29) is 0 Å². The molecule has 0 aliphatic carbocycles. The predicted molar refractivity (Wildman–Crippen MR) is 54.0 cm³/mol. The molecule has 0 radical (unpaired) electrons. The summed E-state index contributed by atoms with van der Waals surface area (Å²) in [6.07, 6.45) is 1.66. The second-order valence-corrected chi connectivity index (χ2v) is 3.38. The fourth-order valence-corrected chi connectivity index (χ4v) is 1.75. The summed E-state index contributed by atoms with van der Waals surface area (Å²) < 4.78 is 0. The topological polar surface area (TPSA) is 28.7 Å². The predicted octanol–water partition coefficient (Wildman–Crippen LogP) is 3.38. The van der Waals surface area contributed by atoms with Gasteiger partial charge in [0.2, 0.25) is 0 Å². The van der Waals surface area contributed by atoms with Crippen molar-refractivity contribution >= 4 is 23.2 Å². The molecule has 0 fully saturated rings. The molecule has 13 heavy (non-hydrogen) atoms. The SMILES string of the molecule is Clc1cccc(Cl)c1-c1ccn[nH]1. The molecule has 0 saturated heterocycles. The van der Waals surface area contributed by atoms with Crippen LogP contribution in [0.2, 0.25) is 10.0 Å². The van der Waals surface area contributed by atoms with E-state index < -0.39 is 0 Å². The Labute approximate surface area is 85.5 Å². The van der Waals surface area contributed by atoms with E-state index in [2.05, 4.69) is 10.2 Å². The van der Waals surface area contributed by atoms with Crippen LogP contribution in [0.15, 0.2) is 30.5 Å². The van der Waals surface area contributed by atoms with Crippen LogP contribution < -0.4 is 0 Å². The molecule has 0 aliphatic rings. The van der Waals surface area contributed by atoms with Crippen LogP contribution in [0.3, 0.4) is 0 Å². The molecular weight excluding hydrogens is 207 g/mol. The molecule has 0 saturated carbocycles. The Balaban J connectivity index is 2.64. The lowest BCUT2D eigenvalue weighted by Gasteiger charge is -2.02. The van der Waals surface area contributed by atoms with Crippen molar-refractivity contribution in [3.8, 4) is 11.3 Å². The molecule has 1 aromatic heterocycles. The van der Waals surface area contributed by atoms with Crippen molar-refractivity contribution < 1.29 is 0 Å². The van der Waals surface area contributed by atoms with Crippen molar-refractivity contribution in [2.24, 2.45) is 0 Å². The first-order valence-electron chi connectivity index (χ1n) is 3.73. The average molecular weight is 213 g/mol. The van der Waals surface area contributed by atoms with E-state index in [1.54, 1.807) is 18.3 Å². The van der Waals surface area contributed by atoms with Crippen molar-refractivity contribution in [2.45, 2.75) is 0 Å². The number of hydrogen-bond donors (Lipinski definition) is 1. The summed E-state index contributed by atoms with van der Waals surface area (Å²) in [4.78, 5) is 0. The third-order valence-electron chi connectivity index (χ3n) is 1.73. The number of nitrogens with one attached hydrogen (secondary N) is 1. The smallest absolute Gasteiger partial charge is 0.0680 e. The fourth-order valence-electron chi connectivity index (χ4n) is 1.15. The van der Waals surface area contributed by atoms with E-state index in [0.717, 1.165) is 11.3 Å². The largest absolute Gasteiger partial charge is 0.278 e. The summed E-state index contributed by atoms with van der Waals surface area (Å²) >= 11 is 12.0. The second kappa shape index (κ2) is 3.40. The molecule has 0 amide bonds. The number of nitrogens with zero attached hydrogens (tertiary/aromatic N) is 1. The van der Waals surface area contributed by atoms with E-state index in [1.807, 2.05) is 12.1 Å². The number of hydrogen-bond acceptors (Lipinski definition) is 1. The maximum Gasteiger partial charge on any atom is 0.0680 e. The van der Waals surface area contributed by atoms with Crippen molar-refractivity contribution in [1.82, 2.24) is 10.2 Å². The summed E-state index contributed by atoms with van der Waals surface area (Å²) in [6.45, 7) is 0. The summed E-state index contributed by atoms with van der Waals surface area (Å²) in [5.41, 5.74) is 1.62. The number of aromatic amines is 1. The Morgan fingerprint density at radius 1 is 1.08 bits per heavy atom. The molecule has 0 bridgehead atoms. The van der Waals surface area contributed by atoms with E-state index in [9.17, 15) is 0 Å². The molecule has 0 spiro atoms. The minimum atomic E-state index is 0.622. The lowest BCUT2D eigenvalue weighted by atomic mass is 10.1. The van der Waals surface area contributed by atoms with Gasteiger partial charge in [0.1, 0.15) is 0 Å². The van der Waals surface area contributed by atoms with Crippen LogP contribution in [-0.4, -0.2) is 10.2 Å². The van der Waals surface area contributed by atoms with Gasteiger partial charge in [0.25, 0.3) is 0 Å². The molecule has 0 unspecified atom stereocenters. The molecule has 66 valence electrons. The van der Waals surface area contributed by atoms with Gasteiger partial charge in [0, 0.05) is 11.8 Å². The molecule has 0 aliphatic heterocycles. The molecular formula is C9H6Cl2N2. The summed E-state index contributed by atoms with van der Waals surface area (Å²) in [5, 5.41) is 7.90. The fraction of sp³-hybridized carbons (Fsp3) is 0. The second-order valence-electron chi connectivity index (χ2n) is 2.57. The van der Waals surface area contributed by atoms with Gasteiger partial charge in [-0.3, -0.25) is 5.10 Å². The number of rotatable bonds is 1. The quantitative estimate of drug-likeness (QED) is 0.772. The Bertz CT molecular complexity index is 389. The summed E-state index contributed by atoms with van der Waals surface area (Å²) in [7, 11) is 0. The van der Waals surface area contributed by atoms with Crippen LogP contribution in [0.25, 0.3) is 11.3 Å². The van der Waals surface area contributed by atoms with Gasteiger partial charge in [-0.2, -0.15) is 5.10 Å². The van der Waals surface area contributed by atoms with Gasteiger partial charge in [0.15, 0.2) is 0 Å². The van der Waals surface area contributed by atoms with Crippen molar-refractivity contribution in [3.63, 3.8) is 0 Å². The maximum atomic E-state index is 5.99. The molecule has 2 rings (SSSR count). The molecule has 1 N–H and O–H groups in total. The van der Waals surface area contributed by atoms with Crippen molar-refractivity contribution in [1.29, 1.82) is 0 Å². The molecule has 4 heteroatoms. The third kappa shape index (κ3) is 1.55. The van der Waals surface area contributed by atoms with Gasteiger partial charge >= 0.3 is 0 Å². The van der Waals surface area contributed by atoms with Crippen LogP contribution in [0, 0.1) is 0 Å². The Kier molecular flexibility index (Phi) is 2.25. The van der Waals surface area contributed by atoms with Gasteiger partial charge in [0.05, 0.1) is 15.7 Å². The van der Waals surface area contributed by atoms with Crippen LogP contribution in [0.1, 0.15) is 0 Å². The number of H-pyrrole nitrogens is 1. The molecule has 1 heterocycles. The molecule has 2 nitrogen and oxygen atoms in total. The highest BCUT2D eigenvalue weighted by Crippen LogP contribution is 2.32. The monoisotopic (exact) mass is 212 g/mol. The maximum absolute atomic E-state index is 5.99. The van der Waals surface area contributed by atoms with Gasteiger partial charge in [-0.15, -0.1) is 0 Å². The van der Waals surface area contributed by atoms with Gasteiger partial charge in [-0.05, 0) is 18.2 Å². The highest BCUT2D eigenvalue weighted by molar-refractivity contribution is 6.39. The molecule has 0 atom stereocenters. The van der Waals surface area contributed by atoms with Gasteiger partial charge in [-0.1, -0.05) is 29.3 Å². The Morgan fingerprint density at radius 2 is 1.77 bits per heavy atom. The minimum absolute atomic E-state index is 0.622. The van der Waals surface area contributed by atoms with Crippen molar-refractivity contribution in [2.75, 3.05) is 0 Å². The van der Waals surface area contributed by atoms with Crippen LogP contribution >= 0.6 is 23.2 Å². The lowest BCUT2D eigenvalue weighted by Crippen LogP contribution is -1.81. The Hall–Kier alpha value is -0.990. The number of benzene rings is 1. The van der Waals surface area contributed by atoms with E-state index in [1.165, 1.54) is 0 Å². The highest BCUT2D eigenvalue weighted by atomic mass is 35.5. The number of halogens is 2. The van der Waals surface area contributed by atoms with Gasteiger partial charge < -0.3 is 0 Å². The van der Waals surface area contributed by atoms with Gasteiger partial charge in [-0.25, -0.2) is 0 Å². The molecule has 1 aromatic carbocycles. The van der Waals surface area contributed by atoms with Crippen molar-refractivity contribution in [3.05, 3.63) is 40.5 Å². The summed E-state index contributed by atoms with van der Waals surface area (Å²) in [6, 6.07) is 7.23. The standard InChI is InChI=1S/C9H6Cl2N2/c10-6-2-1-3-7(11)9(6)8-4-5-12-13-8/h1-5H,(H,12,13). The Morgan fingerprint density at radius 3 is 2.31 bits per heavy atom. The zero-order chi connectivity index (χ0) is 9.26. The first-order valence-corrected chi connectivity index (χ1v) is 4.48. The molecule has 2 aromatic rings. The minimum Gasteiger partial charge on any atom is -0.278 e. The number of aromatic nitrogens is 2. The summed E-state index contributed by atoms with van der Waals surface area (Å²) in [5.74, 6) is 0. The van der Waals surface area contributed by atoms with E-state index in [4.69, 9.17) is 23.2 Å². The third-order valence-corrected chi connectivity index (χ3v) is 2.36. The van der Waals surface area contributed by atoms with E-state index in [0.29, 0.717) is 10.0 Å². The van der Waals surface area contributed by atoms with Crippen LogP contribution in [-0.2, 0) is 0 Å². The first kappa shape index (κ1) is 8.60. The normalized spacial score (nSPS) is 10.3. The average Bonchev–Trinajstić information content (AvgIpc) is 2.57.